The predicted octanol–water partition coefficient (Wildman–Crippen LogP) is 4.13. The summed E-state index contributed by atoms with van der Waals surface area (Å²) in [5.41, 5.74) is 2.06. The average molecular weight is 451 g/mol. The van der Waals surface area contributed by atoms with Crippen LogP contribution in [-0.4, -0.2) is 30.1 Å². The van der Waals surface area contributed by atoms with Crippen LogP contribution < -0.4 is 19.5 Å². The lowest BCUT2D eigenvalue weighted by molar-refractivity contribution is -0.122. The Labute approximate surface area is 191 Å². The Bertz CT molecular complexity index is 1140. The zero-order valence-corrected chi connectivity index (χ0v) is 18.5. The number of carbonyl (C=O) groups is 1. The number of methoxy groups -OCH3 is 2. The highest BCUT2D eigenvalue weighted by molar-refractivity contribution is 7.80. The van der Waals surface area contributed by atoms with Crippen LogP contribution in [0, 0.1) is 0 Å². The number of nitrogens with one attached hydrogen (secondary N) is 1. The molecule has 1 fully saturated rings. The highest BCUT2D eigenvalue weighted by Gasteiger charge is 2.31. The molecule has 1 aliphatic heterocycles. The van der Waals surface area contributed by atoms with Crippen molar-refractivity contribution in [3.63, 3.8) is 0 Å². The number of rotatable bonds is 8. The fraction of sp³-hybridized carbons (Fsp3) is 0.167. The fourth-order valence-corrected chi connectivity index (χ4v) is 3.53. The van der Waals surface area contributed by atoms with E-state index in [9.17, 15) is 4.79 Å². The van der Waals surface area contributed by atoms with Gasteiger partial charge in [0.2, 0.25) is 0 Å². The first-order valence-electron chi connectivity index (χ1n) is 9.88. The van der Waals surface area contributed by atoms with E-state index in [1.807, 2.05) is 42.5 Å². The van der Waals surface area contributed by atoms with Crippen LogP contribution in [0.3, 0.4) is 0 Å². The van der Waals surface area contributed by atoms with E-state index in [1.54, 1.807) is 38.7 Å². The molecule has 0 radical (unpaired) electrons. The van der Waals surface area contributed by atoms with Crippen LogP contribution in [-0.2, 0) is 17.9 Å². The lowest BCUT2D eigenvalue weighted by Gasteiger charge is -2.12. The number of benzene rings is 2. The SMILES string of the molecule is COc1ccc(OCc2cc(/C=C3/NC(=S)N(Cc4ccco4)C3=O)ccc2OC)cc1. The fourth-order valence-electron chi connectivity index (χ4n) is 3.27. The van der Waals surface area contributed by atoms with E-state index >= 15 is 0 Å². The summed E-state index contributed by atoms with van der Waals surface area (Å²) in [6, 6.07) is 16.6. The summed E-state index contributed by atoms with van der Waals surface area (Å²) >= 11 is 5.33. The molecule has 1 aliphatic rings. The molecular formula is C24H22N2O5S. The molecule has 1 saturated heterocycles. The molecule has 8 heteroatoms. The van der Waals surface area contributed by atoms with Gasteiger partial charge in [-0.3, -0.25) is 9.69 Å². The van der Waals surface area contributed by atoms with Crippen molar-refractivity contribution < 1.29 is 23.4 Å². The third-order valence-corrected chi connectivity index (χ3v) is 5.25. The van der Waals surface area contributed by atoms with Crippen LogP contribution in [0.5, 0.6) is 17.2 Å². The van der Waals surface area contributed by atoms with Crippen molar-refractivity contribution in [2.75, 3.05) is 14.2 Å². The third kappa shape index (κ3) is 4.76. The van der Waals surface area contributed by atoms with E-state index in [0.29, 0.717) is 34.7 Å². The second kappa shape index (κ2) is 9.57. The number of carbonyl (C=O) groups excluding carboxylic acids is 1. The van der Waals surface area contributed by atoms with Gasteiger partial charge in [-0.05, 0) is 72.4 Å². The van der Waals surface area contributed by atoms with Crippen LogP contribution in [0.2, 0.25) is 0 Å². The molecule has 0 atom stereocenters. The van der Waals surface area contributed by atoms with Gasteiger partial charge < -0.3 is 23.9 Å². The first kappa shape index (κ1) is 21.5. The summed E-state index contributed by atoms with van der Waals surface area (Å²) in [7, 11) is 3.23. The molecule has 2 aromatic carbocycles. The van der Waals surface area contributed by atoms with Gasteiger partial charge in [-0.2, -0.15) is 0 Å². The second-order valence-corrected chi connectivity index (χ2v) is 7.38. The summed E-state index contributed by atoms with van der Waals surface area (Å²) in [5, 5.41) is 3.33. The number of amides is 1. The van der Waals surface area contributed by atoms with E-state index in [-0.39, 0.29) is 12.5 Å². The minimum atomic E-state index is -0.210. The Kier molecular flexibility index (Phi) is 6.42. The van der Waals surface area contributed by atoms with Crippen molar-refractivity contribution in [2.45, 2.75) is 13.2 Å². The Morgan fingerprint density at radius 2 is 1.84 bits per heavy atom. The second-order valence-electron chi connectivity index (χ2n) is 6.99. The van der Waals surface area contributed by atoms with Crippen molar-refractivity contribution in [3.05, 3.63) is 83.4 Å². The number of hydrogen-bond donors (Lipinski definition) is 1. The van der Waals surface area contributed by atoms with Crippen molar-refractivity contribution in [1.29, 1.82) is 0 Å². The quantitative estimate of drug-likeness (QED) is 0.409. The van der Waals surface area contributed by atoms with Crippen molar-refractivity contribution in [1.82, 2.24) is 10.2 Å². The smallest absolute Gasteiger partial charge is 0.276 e. The first-order valence-corrected chi connectivity index (χ1v) is 10.3. The molecular weight excluding hydrogens is 428 g/mol. The Morgan fingerprint density at radius 1 is 1.06 bits per heavy atom. The van der Waals surface area contributed by atoms with E-state index in [0.717, 1.165) is 16.9 Å². The summed E-state index contributed by atoms with van der Waals surface area (Å²) < 4.78 is 21.9. The molecule has 1 amide bonds. The minimum absolute atomic E-state index is 0.210. The molecule has 3 aromatic rings. The van der Waals surface area contributed by atoms with Crippen molar-refractivity contribution in [3.8, 4) is 17.2 Å². The molecule has 1 N–H and O–H groups in total. The number of ether oxygens (including phenoxy) is 3. The lowest BCUT2D eigenvalue weighted by Crippen LogP contribution is -2.29. The normalized spacial score (nSPS) is 14.6. The van der Waals surface area contributed by atoms with Crippen LogP contribution >= 0.6 is 12.2 Å². The maximum Gasteiger partial charge on any atom is 0.276 e. The zero-order chi connectivity index (χ0) is 22.5. The number of hydrogen-bond acceptors (Lipinski definition) is 6. The van der Waals surface area contributed by atoms with E-state index in [2.05, 4.69) is 5.32 Å². The number of nitrogens with zero attached hydrogens (tertiary/aromatic N) is 1. The molecule has 7 nitrogen and oxygen atoms in total. The summed E-state index contributed by atoms with van der Waals surface area (Å²) in [6.45, 7) is 0.579. The zero-order valence-electron chi connectivity index (χ0n) is 17.7. The van der Waals surface area contributed by atoms with E-state index in [4.69, 9.17) is 30.8 Å². The van der Waals surface area contributed by atoms with Gasteiger partial charge in [0.1, 0.15) is 35.3 Å². The Hall–Kier alpha value is -3.78. The molecule has 32 heavy (non-hydrogen) atoms. The monoisotopic (exact) mass is 450 g/mol. The van der Waals surface area contributed by atoms with Gasteiger partial charge in [-0.15, -0.1) is 0 Å². The molecule has 0 saturated carbocycles. The minimum Gasteiger partial charge on any atom is -0.497 e. The largest absolute Gasteiger partial charge is 0.497 e. The maximum atomic E-state index is 12.8. The van der Waals surface area contributed by atoms with Crippen LogP contribution in [0.4, 0.5) is 0 Å². The Morgan fingerprint density at radius 3 is 2.53 bits per heavy atom. The third-order valence-electron chi connectivity index (χ3n) is 4.93. The standard InChI is InChI=1S/C24H22N2O5S/c1-28-18-6-8-19(9-7-18)31-15-17-12-16(5-10-22(17)29-2)13-21-23(27)26(24(32)25-21)14-20-4-3-11-30-20/h3-13H,14-15H2,1-2H3,(H,25,32)/b21-13+. The van der Waals surface area contributed by atoms with Crippen molar-refractivity contribution in [2.24, 2.45) is 0 Å². The topological polar surface area (TPSA) is 73.2 Å². The first-order chi connectivity index (χ1) is 15.6. The highest BCUT2D eigenvalue weighted by Crippen LogP contribution is 2.25. The molecule has 2 heterocycles. The average Bonchev–Trinajstić information content (AvgIpc) is 3.42. The van der Waals surface area contributed by atoms with Gasteiger partial charge in [-0.1, -0.05) is 6.07 Å². The molecule has 0 aliphatic carbocycles. The van der Waals surface area contributed by atoms with E-state index in [1.165, 1.54) is 4.90 Å². The molecule has 0 unspecified atom stereocenters. The summed E-state index contributed by atoms with van der Waals surface area (Å²) in [5.74, 6) is 2.62. The Balaban J connectivity index is 1.50. The predicted molar refractivity (Wildman–Crippen MR) is 123 cm³/mol. The highest BCUT2D eigenvalue weighted by atomic mass is 32.1. The molecule has 4 rings (SSSR count). The maximum absolute atomic E-state index is 12.8. The van der Waals surface area contributed by atoms with E-state index < -0.39 is 0 Å². The van der Waals surface area contributed by atoms with Crippen LogP contribution in [0.15, 0.2) is 71.0 Å². The molecule has 0 spiro atoms. The van der Waals surface area contributed by atoms with Gasteiger partial charge in [-0.25, -0.2) is 0 Å². The van der Waals surface area contributed by atoms with Gasteiger partial charge in [0.05, 0.1) is 27.0 Å². The lowest BCUT2D eigenvalue weighted by atomic mass is 10.1. The number of furan rings is 1. The molecule has 164 valence electrons. The molecule has 1 aromatic heterocycles. The van der Waals surface area contributed by atoms with Gasteiger partial charge in [0.25, 0.3) is 5.91 Å². The van der Waals surface area contributed by atoms with Gasteiger partial charge in [0.15, 0.2) is 5.11 Å². The van der Waals surface area contributed by atoms with Crippen LogP contribution in [0.1, 0.15) is 16.9 Å². The van der Waals surface area contributed by atoms with Crippen molar-refractivity contribution >= 4 is 29.3 Å². The summed E-state index contributed by atoms with van der Waals surface area (Å²) in [6.07, 6.45) is 3.32. The van der Waals surface area contributed by atoms with Gasteiger partial charge >= 0.3 is 0 Å². The molecule has 0 bridgehead atoms. The van der Waals surface area contributed by atoms with Crippen LogP contribution in [0.25, 0.3) is 6.08 Å². The van der Waals surface area contributed by atoms with Gasteiger partial charge in [0, 0.05) is 5.56 Å². The summed E-state index contributed by atoms with van der Waals surface area (Å²) in [4.78, 5) is 14.3. The number of thiocarbonyl (C=S) groups is 1.